The fourth-order valence-electron chi connectivity index (χ4n) is 1.66. The lowest BCUT2D eigenvalue weighted by atomic mass is 10.1. The Morgan fingerprint density at radius 2 is 1.72 bits per heavy atom. The highest BCUT2D eigenvalue weighted by Crippen LogP contribution is 2.14. The van der Waals surface area contributed by atoms with Crippen LogP contribution in [0.2, 0.25) is 0 Å². The Kier molecular flexibility index (Phi) is 3.48. The smallest absolute Gasteiger partial charge is 0.119 e. The molecule has 0 unspecified atom stereocenters. The Morgan fingerprint density at radius 1 is 0.944 bits per heavy atom. The van der Waals surface area contributed by atoms with E-state index in [-0.39, 0.29) is 6.61 Å². The first-order valence-electron chi connectivity index (χ1n) is 7.42. The molecule has 0 aliphatic heterocycles. The zero-order valence-corrected chi connectivity index (χ0v) is 10.1. The molecule has 94 valence electrons. The first kappa shape index (κ1) is 9.17. The fraction of sp³-hybridized carbons (Fsp3) is 0.250. The highest BCUT2D eigenvalue weighted by Gasteiger charge is 1.97. The van der Waals surface area contributed by atoms with E-state index in [0.29, 0.717) is 13.0 Å². The van der Waals surface area contributed by atoms with Crippen molar-refractivity contribution in [2.75, 3.05) is 13.6 Å². The minimum atomic E-state index is -2.32. The third kappa shape index (κ3) is 3.90. The molecule has 0 saturated carbocycles. The Morgan fingerprint density at radius 3 is 2.44 bits per heavy atom. The molecule has 0 heterocycles. The van der Waals surface area contributed by atoms with Crippen molar-refractivity contribution in [3.63, 3.8) is 0 Å². The molecule has 0 bridgehead atoms. The van der Waals surface area contributed by atoms with Crippen molar-refractivity contribution in [3.8, 4) is 5.75 Å². The van der Waals surface area contributed by atoms with Crippen LogP contribution in [0.15, 0.2) is 54.6 Å². The molecule has 2 heteroatoms. The Hall–Kier alpha value is -1.80. The standard InChI is InChI=1S/C16H18O2/c1-17-12-11-14-7-9-16(10-8-14)18-13-15-5-3-2-4-6-15/h2-10H,11-13H2,1H3/i1D3. The van der Waals surface area contributed by atoms with Crippen LogP contribution in [0.4, 0.5) is 0 Å². The van der Waals surface area contributed by atoms with E-state index < -0.39 is 7.04 Å². The van der Waals surface area contributed by atoms with Gasteiger partial charge < -0.3 is 9.47 Å². The van der Waals surface area contributed by atoms with Gasteiger partial charge in [0.1, 0.15) is 12.4 Å². The first-order valence-corrected chi connectivity index (χ1v) is 5.92. The quantitative estimate of drug-likeness (QED) is 0.776. The second-order valence-corrected chi connectivity index (χ2v) is 4.02. The Bertz CT molecular complexity index is 536. The average molecular weight is 245 g/mol. The van der Waals surface area contributed by atoms with Crippen molar-refractivity contribution in [1.82, 2.24) is 0 Å². The van der Waals surface area contributed by atoms with E-state index in [4.69, 9.17) is 13.6 Å². The maximum atomic E-state index is 6.96. The summed E-state index contributed by atoms with van der Waals surface area (Å²) in [6.07, 6.45) is 0.567. The molecule has 0 aromatic heterocycles. The highest BCUT2D eigenvalue weighted by atomic mass is 16.5. The van der Waals surface area contributed by atoms with Crippen LogP contribution < -0.4 is 4.74 Å². The second-order valence-electron chi connectivity index (χ2n) is 4.02. The van der Waals surface area contributed by atoms with Crippen molar-refractivity contribution in [2.24, 2.45) is 0 Å². The summed E-state index contributed by atoms with van der Waals surface area (Å²) in [4.78, 5) is 0. The lowest BCUT2D eigenvalue weighted by Gasteiger charge is -2.07. The summed E-state index contributed by atoms with van der Waals surface area (Å²) in [5, 5.41) is 0. The number of methoxy groups -OCH3 is 1. The minimum Gasteiger partial charge on any atom is -0.489 e. The molecule has 0 aliphatic carbocycles. The summed E-state index contributed by atoms with van der Waals surface area (Å²) in [6.45, 7) is 0.711. The summed E-state index contributed by atoms with van der Waals surface area (Å²) < 4.78 is 31.3. The van der Waals surface area contributed by atoms with Crippen LogP contribution in [0.1, 0.15) is 15.2 Å². The van der Waals surface area contributed by atoms with Gasteiger partial charge in [-0.3, -0.25) is 0 Å². The average Bonchev–Trinajstić information content (AvgIpc) is 2.46. The molecule has 18 heavy (non-hydrogen) atoms. The van der Waals surface area contributed by atoms with Crippen LogP contribution in [-0.2, 0) is 17.8 Å². The van der Waals surface area contributed by atoms with Gasteiger partial charge in [-0.25, -0.2) is 0 Å². The van der Waals surface area contributed by atoms with Crippen LogP contribution in [0.3, 0.4) is 0 Å². The zero-order chi connectivity index (χ0) is 15.1. The minimum absolute atomic E-state index is 0.181. The topological polar surface area (TPSA) is 18.5 Å². The predicted molar refractivity (Wildman–Crippen MR) is 72.8 cm³/mol. The highest BCUT2D eigenvalue weighted by molar-refractivity contribution is 5.27. The van der Waals surface area contributed by atoms with Crippen molar-refractivity contribution >= 4 is 0 Å². The van der Waals surface area contributed by atoms with Gasteiger partial charge >= 0.3 is 0 Å². The summed E-state index contributed by atoms with van der Waals surface area (Å²) in [6, 6.07) is 17.6. The predicted octanol–water partition coefficient (Wildman–Crippen LogP) is 3.45. The lowest BCUT2D eigenvalue weighted by Crippen LogP contribution is -1.96. The summed E-state index contributed by atoms with van der Waals surface area (Å²) in [7, 11) is -2.32. The molecule has 0 saturated heterocycles. The summed E-state index contributed by atoms with van der Waals surface area (Å²) >= 11 is 0. The third-order valence-corrected chi connectivity index (χ3v) is 2.66. The number of ether oxygens (including phenoxy) is 2. The molecule has 0 fully saturated rings. The normalized spacial score (nSPS) is 13.4. The Labute approximate surface area is 112 Å². The van der Waals surface area contributed by atoms with Crippen molar-refractivity contribution in [2.45, 2.75) is 13.0 Å². The largest absolute Gasteiger partial charge is 0.489 e. The van der Waals surface area contributed by atoms with Crippen LogP contribution >= 0.6 is 0 Å². The van der Waals surface area contributed by atoms with E-state index in [1.165, 1.54) is 0 Å². The molecule has 2 nitrogen and oxygen atoms in total. The van der Waals surface area contributed by atoms with Crippen LogP contribution in [0.25, 0.3) is 0 Å². The molecule has 0 aliphatic rings. The molecule has 0 atom stereocenters. The molecule has 2 aromatic carbocycles. The van der Waals surface area contributed by atoms with E-state index in [9.17, 15) is 0 Å². The van der Waals surface area contributed by atoms with Gasteiger partial charge in [-0.15, -0.1) is 0 Å². The molecule has 0 amide bonds. The number of hydrogen-bond acceptors (Lipinski definition) is 2. The van der Waals surface area contributed by atoms with Gasteiger partial charge in [-0.05, 0) is 29.7 Å². The first-order chi connectivity index (χ1) is 10.0. The molecule has 0 spiro atoms. The van der Waals surface area contributed by atoms with E-state index in [1.807, 2.05) is 54.6 Å². The molecule has 2 rings (SSSR count). The zero-order valence-electron chi connectivity index (χ0n) is 13.1. The van der Waals surface area contributed by atoms with E-state index in [1.54, 1.807) is 0 Å². The van der Waals surface area contributed by atoms with Crippen LogP contribution in [0, 0.1) is 0 Å². The van der Waals surface area contributed by atoms with Crippen molar-refractivity contribution in [3.05, 3.63) is 65.7 Å². The van der Waals surface area contributed by atoms with E-state index in [2.05, 4.69) is 0 Å². The maximum absolute atomic E-state index is 6.96. The van der Waals surface area contributed by atoms with Gasteiger partial charge in [0.15, 0.2) is 0 Å². The molecular weight excluding hydrogens is 224 g/mol. The van der Waals surface area contributed by atoms with Crippen LogP contribution in [0.5, 0.6) is 5.75 Å². The van der Waals surface area contributed by atoms with Gasteiger partial charge in [0.2, 0.25) is 0 Å². The fourth-order valence-corrected chi connectivity index (χ4v) is 1.66. The monoisotopic (exact) mass is 245 g/mol. The molecule has 0 radical (unpaired) electrons. The van der Waals surface area contributed by atoms with E-state index >= 15 is 0 Å². The molecular formula is C16H18O2. The summed E-state index contributed by atoms with van der Waals surface area (Å²) in [5.41, 5.74) is 2.14. The second kappa shape index (κ2) is 6.82. The summed E-state index contributed by atoms with van der Waals surface area (Å²) in [5.74, 6) is 0.791. The Balaban J connectivity index is 1.79. The van der Waals surface area contributed by atoms with Crippen LogP contribution in [-0.4, -0.2) is 13.6 Å². The maximum Gasteiger partial charge on any atom is 0.119 e. The lowest BCUT2D eigenvalue weighted by molar-refractivity contribution is 0.202. The van der Waals surface area contributed by atoms with Gasteiger partial charge in [0.25, 0.3) is 0 Å². The number of hydrogen-bond donors (Lipinski definition) is 0. The van der Waals surface area contributed by atoms with E-state index in [0.717, 1.165) is 16.9 Å². The third-order valence-electron chi connectivity index (χ3n) is 2.66. The SMILES string of the molecule is [2H]C([2H])([2H])OCCc1ccc(OCc2ccccc2)cc1. The van der Waals surface area contributed by atoms with Gasteiger partial charge in [0.05, 0.1) is 10.7 Å². The number of benzene rings is 2. The van der Waals surface area contributed by atoms with Crippen molar-refractivity contribution < 1.29 is 13.6 Å². The van der Waals surface area contributed by atoms with Gasteiger partial charge in [0, 0.05) is 7.04 Å². The van der Waals surface area contributed by atoms with Gasteiger partial charge in [-0.2, -0.15) is 0 Å². The van der Waals surface area contributed by atoms with Gasteiger partial charge in [-0.1, -0.05) is 42.5 Å². The number of rotatable bonds is 6. The molecule has 2 aromatic rings. The van der Waals surface area contributed by atoms with Crippen molar-refractivity contribution in [1.29, 1.82) is 0 Å². The molecule has 0 N–H and O–H groups in total.